The van der Waals surface area contributed by atoms with Crippen LogP contribution in [-0.2, 0) is 17.9 Å². The van der Waals surface area contributed by atoms with Gasteiger partial charge in [0.05, 0.1) is 60.4 Å². The normalized spacial score (nSPS) is 15.9. The molecule has 1 amide bonds. The maximum Gasteiger partial charge on any atom is 0.256 e. The monoisotopic (exact) mass is 471 g/mol. The molecule has 4 aromatic rings. The molecule has 9 nitrogen and oxygen atoms in total. The van der Waals surface area contributed by atoms with E-state index in [1.165, 1.54) is 4.80 Å². The largest absolute Gasteiger partial charge is 0.378 e. The van der Waals surface area contributed by atoms with E-state index in [2.05, 4.69) is 20.3 Å². The third-order valence-corrected chi connectivity index (χ3v) is 6.33. The second-order valence-electron chi connectivity index (χ2n) is 8.89. The van der Waals surface area contributed by atoms with Crippen molar-refractivity contribution in [3.05, 3.63) is 78.0 Å². The van der Waals surface area contributed by atoms with E-state index < -0.39 is 0 Å². The van der Waals surface area contributed by atoms with Crippen molar-refractivity contribution in [1.82, 2.24) is 34.7 Å². The summed E-state index contributed by atoms with van der Waals surface area (Å²) in [6.07, 6.45) is 10.1. The Hall–Kier alpha value is -3.85. The molecule has 1 fully saturated rings. The zero-order valence-electron chi connectivity index (χ0n) is 20.0. The molecule has 35 heavy (non-hydrogen) atoms. The van der Waals surface area contributed by atoms with E-state index in [1.807, 2.05) is 65.3 Å². The van der Waals surface area contributed by atoms with Gasteiger partial charge >= 0.3 is 0 Å². The maximum absolute atomic E-state index is 13.8. The van der Waals surface area contributed by atoms with Gasteiger partial charge in [-0.1, -0.05) is 17.7 Å². The van der Waals surface area contributed by atoms with Gasteiger partial charge in [0, 0.05) is 25.4 Å². The van der Waals surface area contributed by atoms with Gasteiger partial charge in [0.1, 0.15) is 0 Å². The number of aryl methyl sites for hydroxylation is 1. The van der Waals surface area contributed by atoms with Gasteiger partial charge in [0.2, 0.25) is 0 Å². The molecule has 1 atom stereocenters. The third kappa shape index (κ3) is 5.00. The second-order valence-corrected chi connectivity index (χ2v) is 8.89. The van der Waals surface area contributed by atoms with Crippen LogP contribution in [0.5, 0.6) is 0 Å². The van der Waals surface area contributed by atoms with E-state index in [0.29, 0.717) is 24.4 Å². The Labute approximate surface area is 204 Å². The molecule has 0 unspecified atom stereocenters. The van der Waals surface area contributed by atoms with Crippen molar-refractivity contribution in [3.63, 3.8) is 0 Å². The number of nitrogens with zero attached hydrogens (tertiary/aromatic N) is 7. The number of carbonyl (C=O) groups is 1. The number of methoxy groups -OCH3 is 1. The fourth-order valence-electron chi connectivity index (χ4n) is 4.63. The first-order chi connectivity index (χ1) is 17.1. The number of aromatic nitrogens is 6. The van der Waals surface area contributed by atoms with Gasteiger partial charge in [0.15, 0.2) is 0 Å². The molecule has 4 heterocycles. The van der Waals surface area contributed by atoms with Crippen molar-refractivity contribution in [2.75, 3.05) is 13.7 Å². The Morgan fingerprint density at radius 3 is 2.80 bits per heavy atom. The summed E-state index contributed by atoms with van der Waals surface area (Å²) in [5, 5.41) is 13.1. The van der Waals surface area contributed by atoms with Gasteiger partial charge in [-0.2, -0.15) is 20.1 Å². The molecule has 0 radical (unpaired) electrons. The molecule has 9 heteroatoms. The Morgan fingerprint density at radius 2 is 1.97 bits per heavy atom. The molecule has 0 N–H and O–H groups in total. The van der Waals surface area contributed by atoms with Gasteiger partial charge in [0.25, 0.3) is 5.91 Å². The average Bonchev–Trinajstić information content (AvgIpc) is 3.57. The van der Waals surface area contributed by atoms with Crippen LogP contribution >= 0.6 is 0 Å². The molecule has 1 aliphatic heterocycles. The molecular formula is C26H29N7O2. The lowest BCUT2D eigenvalue weighted by Crippen LogP contribution is -2.46. The van der Waals surface area contributed by atoms with Crippen LogP contribution < -0.4 is 0 Å². The van der Waals surface area contributed by atoms with Gasteiger partial charge < -0.3 is 9.64 Å². The number of piperidine rings is 1. The molecule has 5 rings (SSSR count). The minimum atomic E-state index is 0.00649. The van der Waals surface area contributed by atoms with E-state index in [1.54, 1.807) is 19.5 Å². The lowest BCUT2D eigenvalue weighted by atomic mass is 9.99. The summed E-state index contributed by atoms with van der Waals surface area (Å²) >= 11 is 0. The quantitative estimate of drug-likeness (QED) is 0.408. The molecule has 0 saturated carbocycles. The highest BCUT2D eigenvalue weighted by atomic mass is 16.5. The fraction of sp³-hybridized carbons (Fsp3) is 0.346. The topological polar surface area (TPSA) is 91.0 Å². The van der Waals surface area contributed by atoms with Crippen LogP contribution in [0, 0.1) is 6.92 Å². The predicted molar refractivity (Wildman–Crippen MR) is 131 cm³/mol. The average molecular weight is 472 g/mol. The Morgan fingerprint density at radius 1 is 1.11 bits per heavy atom. The zero-order chi connectivity index (χ0) is 24.2. The number of benzene rings is 1. The van der Waals surface area contributed by atoms with E-state index in [4.69, 9.17) is 4.74 Å². The first kappa shape index (κ1) is 22.9. The van der Waals surface area contributed by atoms with Crippen molar-refractivity contribution >= 4 is 5.91 Å². The first-order valence-corrected chi connectivity index (χ1v) is 11.9. The van der Waals surface area contributed by atoms with Crippen LogP contribution in [-0.4, -0.2) is 60.3 Å². The number of likely N-dealkylation sites (tertiary alicyclic amines) is 1. The molecule has 1 aliphatic rings. The highest BCUT2D eigenvalue weighted by molar-refractivity contribution is 5.98. The zero-order valence-corrected chi connectivity index (χ0v) is 20.0. The van der Waals surface area contributed by atoms with Gasteiger partial charge in [-0.25, -0.2) is 0 Å². The van der Waals surface area contributed by atoms with Crippen LogP contribution in [0.3, 0.4) is 0 Å². The number of hydrogen-bond acceptors (Lipinski definition) is 6. The lowest BCUT2D eigenvalue weighted by molar-refractivity contribution is 0.0583. The smallest absolute Gasteiger partial charge is 0.256 e. The lowest BCUT2D eigenvalue weighted by Gasteiger charge is -2.36. The van der Waals surface area contributed by atoms with E-state index >= 15 is 0 Å². The summed E-state index contributed by atoms with van der Waals surface area (Å²) in [6.45, 7) is 3.81. The summed E-state index contributed by atoms with van der Waals surface area (Å²) < 4.78 is 7.12. The Kier molecular flexibility index (Phi) is 6.67. The molecule has 1 aromatic carbocycles. The highest BCUT2D eigenvalue weighted by Gasteiger charge is 2.30. The predicted octanol–water partition coefficient (Wildman–Crippen LogP) is 3.68. The molecule has 0 aliphatic carbocycles. The van der Waals surface area contributed by atoms with E-state index in [0.717, 1.165) is 48.3 Å². The number of pyridine rings is 1. The van der Waals surface area contributed by atoms with Crippen LogP contribution in [0.15, 0.2) is 61.2 Å². The highest BCUT2D eigenvalue weighted by Crippen LogP contribution is 2.25. The summed E-state index contributed by atoms with van der Waals surface area (Å²) in [6, 6.07) is 11.8. The fourth-order valence-corrected chi connectivity index (χ4v) is 4.63. The molecule has 180 valence electrons. The first-order valence-electron chi connectivity index (χ1n) is 11.9. The number of carbonyl (C=O) groups excluding carboxylic acids is 1. The standard InChI is InChI=1S/C26H29N7O2/c1-19-9-10-25(33-27-11-12-28-33)23(14-19)26(34)32-13-4-3-7-22(32)17-31-16-20(15-29-31)24-8-5-6-21(30-24)18-35-2/h5-6,8-12,14-16,22H,3-4,7,13,17-18H2,1-2H3/t22-/m0/s1. The number of ether oxygens (including phenoxy) is 1. The number of rotatable bonds is 7. The molecule has 1 saturated heterocycles. The summed E-state index contributed by atoms with van der Waals surface area (Å²) in [5.74, 6) is 0.00649. The molecule has 0 spiro atoms. The summed E-state index contributed by atoms with van der Waals surface area (Å²) in [4.78, 5) is 22.0. The second kappa shape index (κ2) is 10.2. The minimum Gasteiger partial charge on any atom is -0.378 e. The van der Waals surface area contributed by atoms with Crippen LogP contribution in [0.25, 0.3) is 16.9 Å². The Balaban J connectivity index is 1.38. The van der Waals surface area contributed by atoms with Crippen LogP contribution in [0.1, 0.15) is 40.9 Å². The maximum atomic E-state index is 13.8. The third-order valence-electron chi connectivity index (χ3n) is 6.33. The van der Waals surface area contributed by atoms with Crippen molar-refractivity contribution in [1.29, 1.82) is 0 Å². The van der Waals surface area contributed by atoms with E-state index in [-0.39, 0.29) is 11.9 Å². The van der Waals surface area contributed by atoms with Crippen LogP contribution in [0.2, 0.25) is 0 Å². The SMILES string of the molecule is COCc1cccc(-c2cnn(C[C@@H]3CCCCN3C(=O)c3cc(C)ccc3-n3nccn3)c2)n1. The summed E-state index contributed by atoms with van der Waals surface area (Å²) in [7, 11) is 1.66. The van der Waals surface area contributed by atoms with Crippen LogP contribution in [0.4, 0.5) is 0 Å². The van der Waals surface area contributed by atoms with Gasteiger partial charge in [-0.3, -0.25) is 14.5 Å². The number of hydrogen-bond donors (Lipinski definition) is 0. The van der Waals surface area contributed by atoms with Crippen molar-refractivity contribution in [3.8, 4) is 16.9 Å². The molecule has 0 bridgehead atoms. The van der Waals surface area contributed by atoms with Gasteiger partial charge in [-0.15, -0.1) is 0 Å². The van der Waals surface area contributed by atoms with Gasteiger partial charge in [-0.05, 0) is 50.5 Å². The van der Waals surface area contributed by atoms with Crippen molar-refractivity contribution in [2.24, 2.45) is 0 Å². The molecule has 3 aromatic heterocycles. The Bertz CT molecular complexity index is 1300. The number of amides is 1. The minimum absolute atomic E-state index is 0.00649. The van der Waals surface area contributed by atoms with Crippen molar-refractivity contribution in [2.45, 2.75) is 45.4 Å². The van der Waals surface area contributed by atoms with Crippen molar-refractivity contribution < 1.29 is 9.53 Å². The summed E-state index contributed by atoms with van der Waals surface area (Å²) in [5.41, 5.74) is 5.02. The van der Waals surface area contributed by atoms with E-state index in [9.17, 15) is 4.79 Å². The molecular weight excluding hydrogens is 442 g/mol.